The van der Waals surface area contributed by atoms with Gasteiger partial charge in [-0.3, -0.25) is 0 Å². The van der Waals surface area contributed by atoms with Crippen molar-refractivity contribution in [1.29, 1.82) is 0 Å². The molecule has 0 aliphatic carbocycles. The van der Waals surface area contributed by atoms with Crippen molar-refractivity contribution >= 4 is 0 Å². The number of ether oxygens (including phenoxy) is 1. The Morgan fingerprint density at radius 1 is 1.17 bits per heavy atom. The molecule has 0 saturated heterocycles. The summed E-state index contributed by atoms with van der Waals surface area (Å²) >= 11 is 0. The molecule has 0 aromatic heterocycles. The van der Waals surface area contributed by atoms with Gasteiger partial charge in [-0.1, -0.05) is 36.2 Å². The van der Waals surface area contributed by atoms with Crippen LogP contribution in [-0.4, -0.2) is 26.3 Å². The quantitative estimate of drug-likeness (QED) is 0.763. The summed E-state index contributed by atoms with van der Waals surface area (Å²) in [4.78, 5) is 0. The number of rotatable bonds is 8. The lowest BCUT2D eigenvalue weighted by Gasteiger charge is -2.17. The summed E-state index contributed by atoms with van der Waals surface area (Å²) in [7, 11) is 1.78. The molecule has 102 valence electrons. The van der Waals surface area contributed by atoms with Crippen LogP contribution < -0.4 is 5.32 Å². The van der Waals surface area contributed by atoms with E-state index in [0.717, 1.165) is 26.0 Å². The van der Waals surface area contributed by atoms with E-state index in [4.69, 9.17) is 4.74 Å². The van der Waals surface area contributed by atoms with Crippen LogP contribution in [0.3, 0.4) is 0 Å². The molecular weight excluding hydrogens is 222 g/mol. The molecule has 1 unspecified atom stereocenters. The van der Waals surface area contributed by atoms with Gasteiger partial charge in [-0.05, 0) is 45.2 Å². The first-order chi connectivity index (χ1) is 8.65. The number of aryl methyl sites for hydroxylation is 3. The van der Waals surface area contributed by atoms with Crippen LogP contribution in [0.2, 0.25) is 0 Å². The smallest absolute Gasteiger partial charge is 0.0615 e. The second kappa shape index (κ2) is 8.28. The Kier molecular flexibility index (Phi) is 6.99. The summed E-state index contributed by atoms with van der Waals surface area (Å²) in [6, 6.07) is 7.27. The molecule has 2 nitrogen and oxygen atoms in total. The van der Waals surface area contributed by atoms with E-state index in [2.05, 4.69) is 44.3 Å². The van der Waals surface area contributed by atoms with E-state index >= 15 is 0 Å². The van der Waals surface area contributed by atoms with Crippen molar-refractivity contribution < 1.29 is 4.74 Å². The highest BCUT2D eigenvalue weighted by atomic mass is 16.5. The lowest BCUT2D eigenvalue weighted by atomic mass is 10.0. The van der Waals surface area contributed by atoms with E-state index in [-0.39, 0.29) is 0 Å². The van der Waals surface area contributed by atoms with Crippen LogP contribution in [0.15, 0.2) is 18.2 Å². The Labute approximate surface area is 112 Å². The van der Waals surface area contributed by atoms with E-state index in [1.54, 1.807) is 7.11 Å². The molecule has 0 aliphatic heterocycles. The first kappa shape index (κ1) is 15.2. The van der Waals surface area contributed by atoms with Gasteiger partial charge < -0.3 is 10.1 Å². The zero-order chi connectivity index (χ0) is 13.4. The van der Waals surface area contributed by atoms with Gasteiger partial charge in [-0.15, -0.1) is 0 Å². The van der Waals surface area contributed by atoms with Gasteiger partial charge in [0.1, 0.15) is 0 Å². The van der Waals surface area contributed by atoms with E-state index < -0.39 is 0 Å². The molecule has 1 rings (SSSR count). The molecule has 0 aliphatic rings. The maximum atomic E-state index is 5.27. The third-order valence-electron chi connectivity index (χ3n) is 3.11. The maximum Gasteiger partial charge on any atom is 0.0615 e. The fraction of sp³-hybridized carbons (Fsp3) is 0.625. The minimum Gasteiger partial charge on any atom is -0.383 e. The zero-order valence-electron chi connectivity index (χ0n) is 12.3. The fourth-order valence-corrected chi connectivity index (χ4v) is 2.35. The van der Waals surface area contributed by atoms with Gasteiger partial charge in [0.15, 0.2) is 0 Å². The first-order valence-electron chi connectivity index (χ1n) is 6.95. The second-order valence-corrected chi connectivity index (χ2v) is 5.14. The van der Waals surface area contributed by atoms with Crippen LogP contribution in [0.5, 0.6) is 0 Å². The maximum absolute atomic E-state index is 5.27. The topological polar surface area (TPSA) is 21.3 Å². The van der Waals surface area contributed by atoms with Crippen LogP contribution in [0.4, 0.5) is 0 Å². The summed E-state index contributed by atoms with van der Waals surface area (Å²) in [5.74, 6) is 0. The number of hydrogen-bond donors (Lipinski definition) is 1. The van der Waals surface area contributed by atoms with Gasteiger partial charge in [0, 0.05) is 13.2 Å². The SMILES string of the molecule is CCCNC(CCc1cc(C)cc(C)c1)COC. The van der Waals surface area contributed by atoms with E-state index in [9.17, 15) is 0 Å². The Bertz CT molecular complexity index is 329. The molecule has 0 bridgehead atoms. The van der Waals surface area contributed by atoms with Gasteiger partial charge in [-0.25, -0.2) is 0 Å². The Morgan fingerprint density at radius 3 is 2.39 bits per heavy atom. The van der Waals surface area contributed by atoms with Crippen LogP contribution >= 0.6 is 0 Å². The zero-order valence-corrected chi connectivity index (χ0v) is 12.3. The fourth-order valence-electron chi connectivity index (χ4n) is 2.35. The third kappa shape index (κ3) is 5.65. The van der Waals surface area contributed by atoms with Crippen molar-refractivity contribution in [3.63, 3.8) is 0 Å². The molecule has 0 saturated carbocycles. The molecule has 0 radical (unpaired) electrons. The lowest BCUT2D eigenvalue weighted by Crippen LogP contribution is -2.34. The van der Waals surface area contributed by atoms with Gasteiger partial charge in [0.25, 0.3) is 0 Å². The molecule has 1 aromatic rings. The van der Waals surface area contributed by atoms with Crippen molar-refractivity contribution in [1.82, 2.24) is 5.32 Å². The largest absolute Gasteiger partial charge is 0.383 e. The summed E-state index contributed by atoms with van der Waals surface area (Å²) < 4.78 is 5.27. The van der Waals surface area contributed by atoms with Gasteiger partial charge in [-0.2, -0.15) is 0 Å². The summed E-state index contributed by atoms with van der Waals surface area (Å²) in [6.45, 7) is 8.39. The first-order valence-corrected chi connectivity index (χ1v) is 6.95. The molecule has 1 aromatic carbocycles. The highest BCUT2D eigenvalue weighted by Gasteiger charge is 2.07. The molecule has 1 N–H and O–H groups in total. The highest BCUT2D eigenvalue weighted by Crippen LogP contribution is 2.12. The molecule has 0 fully saturated rings. The number of nitrogens with one attached hydrogen (secondary N) is 1. The van der Waals surface area contributed by atoms with E-state index in [1.807, 2.05) is 0 Å². The molecule has 1 atom stereocenters. The van der Waals surface area contributed by atoms with Crippen LogP contribution in [0.25, 0.3) is 0 Å². The summed E-state index contributed by atoms with van der Waals surface area (Å²) in [5, 5.41) is 3.54. The number of hydrogen-bond acceptors (Lipinski definition) is 2. The van der Waals surface area contributed by atoms with E-state index in [1.165, 1.54) is 23.1 Å². The Hall–Kier alpha value is -0.860. The van der Waals surface area contributed by atoms with Gasteiger partial charge >= 0.3 is 0 Å². The lowest BCUT2D eigenvalue weighted by molar-refractivity contribution is 0.162. The molecule has 0 amide bonds. The van der Waals surface area contributed by atoms with Crippen LogP contribution in [0.1, 0.15) is 36.5 Å². The minimum atomic E-state index is 0.468. The monoisotopic (exact) mass is 249 g/mol. The van der Waals surface area contributed by atoms with Gasteiger partial charge in [0.2, 0.25) is 0 Å². The molecule has 2 heteroatoms. The number of methoxy groups -OCH3 is 1. The molecule has 0 spiro atoms. The Morgan fingerprint density at radius 2 is 1.83 bits per heavy atom. The van der Waals surface area contributed by atoms with Crippen molar-refractivity contribution in [2.45, 2.75) is 46.1 Å². The highest BCUT2D eigenvalue weighted by molar-refractivity contribution is 5.28. The van der Waals surface area contributed by atoms with Crippen LogP contribution in [0, 0.1) is 13.8 Å². The van der Waals surface area contributed by atoms with E-state index in [0.29, 0.717) is 6.04 Å². The average molecular weight is 249 g/mol. The molecule has 18 heavy (non-hydrogen) atoms. The van der Waals surface area contributed by atoms with Crippen LogP contribution in [-0.2, 0) is 11.2 Å². The predicted molar refractivity (Wildman–Crippen MR) is 78.2 cm³/mol. The molecule has 0 heterocycles. The third-order valence-corrected chi connectivity index (χ3v) is 3.11. The van der Waals surface area contributed by atoms with Crippen molar-refractivity contribution in [3.05, 3.63) is 34.9 Å². The summed E-state index contributed by atoms with van der Waals surface area (Å²) in [5.41, 5.74) is 4.15. The van der Waals surface area contributed by atoms with Crippen molar-refractivity contribution in [2.24, 2.45) is 0 Å². The van der Waals surface area contributed by atoms with Gasteiger partial charge in [0.05, 0.1) is 6.61 Å². The molecular formula is C16H27NO. The average Bonchev–Trinajstić information content (AvgIpc) is 2.31. The summed E-state index contributed by atoms with van der Waals surface area (Å²) in [6.07, 6.45) is 3.42. The second-order valence-electron chi connectivity index (χ2n) is 5.14. The normalized spacial score (nSPS) is 12.7. The van der Waals surface area contributed by atoms with Crippen molar-refractivity contribution in [3.8, 4) is 0 Å². The van der Waals surface area contributed by atoms with Crippen molar-refractivity contribution in [2.75, 3.05) is 20.3 Å². The predicted octanol–water partition coefficient (Wildman–Crippen LogP) is 3.25. The minimum absolute atomic E-state index is 0.468. The standard InChI is InChI=1S/C16H27NO/c1-5-8-17-16(12-18-4)7-6-15-10-13(2)9-14(3)11-15/h9-11,16-17H,5-8,12H2,1-4H3. The Balaban J connectivity index is 2.49. The number of benzene rings is 1.